The second-order valence-electron chi connectivity index (χ2n) is 3.37. The van der Waals surface area contributed by atoms with Crippen LogP contribution in [-0.2, 0) is 13.0 Å². The Kier molecular flexibility index (Phi) is 2.17. The number of aromatic hydroxyl groups is 1. The van der Waals surface area contributed by atoms with Crippen LogP contribution in [0.5, 0.6) is 5.75 Å². The lowest BCUT2D eigenvalue weighted by atomic mass is 10.1. The first-order chi connectivity index (χ1) is 6.77. The van der Waals surface area contributed by atoms with Crippen molar-refractivity contribution in [3.8, 4) is 5.75 Å². The Balaban J connectivity index is 2.77. The fraction of sp³-hybridized carbons (Fsp3) is 0.273. The maximum absolute atomic E-state index is 9.97. The maximum Gasteiger partial charge on any atom is 0.128 e. The Morgan fingerprint density at radius 3 is 2.79 bits per heavy atom. The highest BCUT2D eigenvalue weighted by Crippen LogP contribution is 2.31. The van der Waals surface area contributed by atoms with Crippen LogP contribution in [0.1, 0.15) is 18.1 Å². The smallest absolute Gasteiger partial charge is 0.128 e. The summed E-state index contributed by atoms with van der Waals surface area (Å²) in [5.74, 6) is 0.367. The van der Waals surface area contributed by atoms with Crippen molar-refractivity contribution in [3.05, 3.63) is 29.5 Å². The van der Waals surface area contributed by atoms with E-state index in [-0.39, 0.29) is 0 Å². The van der Waals surface area contributed by atoms with Gasteiger partial charge in [-0.15, -0.1) is 0 Å². The van der Waals surface area contributed by atoms with Gasteiger partial charge in [0.25, 0.3) is 0 Å². The first-order valence-electron chi connectivity index (χ1n) is 4.78. The van der Waals surface area contributed by atoms with Gasteiger partial charge in [0, 0.05) is 23.6 Å². The molecule has 0 saturated carbocycles. The molecule has 1 heterocycles. The van der Waals surface area contributed by atoms with Gasteiger partial charge in [0.05, 0.1) is 0 Å². The van der Waals surface area contributed by atoms with Crippen LogP contribution >= 0.6 is 0 Å². The molecule has 74 valence electrons. The second-order valence-corrected chi connectivity index (χ2v) is 3.37. The monoisotopic (exact) mass is 190 g/mol. The van der Waals surface area contributed by atoms with Crippen molar-refractivity contribution < 1.29 is 5.11 Å². The number of nitrogens with two attached hydrogens (primary N) is 1. The number of H-pyrrole nitrogens is 1. The minimum Gasteiger partial charge on any atom is -0.507 e. The van der Waals surface area contributed by atoms with E-state index >= 15 is 0 Å². The van der Waals surface area contributed by atoms with Gasteiger partial charge < -0.3 is 15.8 Å². The molecule has 0 amide bonds. The van der Waals surface area contributed by atoms with Crippen molar-refractivity contribution >= 4 is 10.9 Å². The van der Waals surface area contributed by atoms with Crippen molar-refractivity contribution in [1.29, 1.82) is 0 Å². The minimum absolute atomic E-state index is 0.367. The summed E-state index contributed by atoms with van der Waals surface area (Å²) in [7, 11) is 0. The van der Waals surface area contributed by atoms with E-state index < -0.39 is 0 Å². The van der Waals surface area contributed by atoms with Crippen LogP contribution in [0.4, 0.5) is 0 Å². The van der Waals surface area contributed by atoms with Gasteiger partial charge in [0.2, 0.25) is 0 Å². The van der Waals surface area contributed by atoms with Crippen molar-refractivity contribution in [2.45, 2.75) is 19.9 Å². The molecule has 4 N–H and O–H groups in total. The number of aromatic nitrogens is 1. The van der Waals surface area contributed by atoms with Crippen LogP contribution in [-0.4, -0.2) is 10.1 Å². The number of phenols is 1. The largest absolute Gasteiger partial charge is 0.507 e. The Bertz CT molecular complexity index is 460. The van der Waals surface area contributed by atoms with Gasteiger partial charge in [-0.3, -0.25) is 0 Å². The number of rotatable bonds is 2. The highest BCUT2D eigenvalue weighted by molar-refractivity contribution is 5.90. The molecule has 0 bridgehead atoms. The van der Waals surface area contributed by atoms with Crippen molar-refractivity contribution in [2.75, 3.05) is 0 Å². The number of hydrogen-bond donors (Lipinski definition) is 3. The van der Waals surface area contributed by atoms with Gasteiger partial charge in [-0.25, -0.2) is 0 Å². The standard InChI is InChI=1S/C11H14N2O/c1-2-7-3-4-9-10(11(7)14)8(5-12)6-13-9/h3-4,6,13-14H,2,5,12H2,1H3. The summed E-state index contributed by atoms with van der Waals surface area (Å²) in [5.41, 5.74) is 8.46. The third kappa shape index (κ3) is 1.17. The molecule has 0 fully saturated rings. The average molecular weight is 190 g/mol. The zero-order valence-corrected chi connectivity index (χ0v) is 8.17. The molecular weight excluding hydrogens is 176 g/mol. The lowest BCUT2D eigenvalue weighted by Gasteiger charge is -2.04. The molecule has 1 aromatic carbocycles. The molecule has 2 aromatic rings. The zero-order chi connectivity index (χ0) is 10.1. The van der Waals surface area contributed by atoms with Gasteiger partial charge >= 0.3 is 0 Å². The first-order valence-corrected chi connectivity index (χ1v) is 4.78. The molecule has 0 aliphatic carbocycles. The third-order valence-corrected chi connectivity index (χ3v) is 2.59. The van der Waals surface area contributed by atoms with Gasteiger partial charge in [0.15, 0.2) is 0 Å². The summed E-state index contributed by atoms with van der Waals surface area (Å²) < 4.78 is 0. The number of nitrogens with one attached hydrogen (secondary N) is 1. The number of aromatic amines is 1. The lowest BCUT2D eigenvalue weighted by molar-refractivity contribution is 0.475. The molecule has 0 aliphatic heterocycles. The third-order valence-electron chi connectivity index (χ3n) is 2.59. The van der Waals surface area contributed by atoms with E-state index in [4.69, 9.17) is 5.73 Å². The number of hydrogen-bond acceptors (Lipinski definition) is 2. The predicted octanol–water partition coefficient (Wildman–Crippen LogP) is 1.89. The Hall–Kier alpha value is -1.48. The quantitative estimate of drug-likeness (QED) is 0.677. The molecule has 0 spiro atoms. The normalized spacial score (nSPS) is 11.0. The number of benzene rings is 1. The Morgan fingerprint density at radius 1 is 1.36 bits per heavy atom. The molecule has 0 radical (unpaired) electrons. The number of phenolic OH excluding ortho intramolecular Hbond substituents is 1. The van der Waals surface area contributed by atoms with E-state index in [0.717, 1.165) is 28.5 Å². The highest BCUT2D eigenvalue weighted by atomic mass is 16.3. The summed E-state index contributed by atoms with van der Waals surface area (Å²) >= 11 is 0. The molecule has 0 aliphatic rings. The number of fused-ring (bicyclic) bond motifs is 1. The molecule has 14 heavy (non-hydrogen) atoms. The van der Waals surface area contributed by atoms with Crippen LogP contribution in [0.25, 0.3) is 10.9 Å². The van der Waals surface area contributed by atoms with Crippen molar-refractivity contribution in [1.82, 2.24) is 4.98 Å². The van der Waals surface area contributed by atoms with Crippen LogP contribution in [0.2, 0.25) is 0 Å². The molecule has 3 heteroatoms. The SMILES string of the molecule is CCc1ccc2[nH]cc(CN)c2c1O. The van der Waals surface area contributed by atoms with E-state index in [1.807, 2.05) is 25.3 Å². The van der Waals surface area contributed by atoms with Gasteiger partial charge in [0.1, 0.15) is 5.75 Å². The minimum atomic E-state index is 0.367. The van der Waals surface area contributed by atoms with Crippen molar-refractivity contribution in [3.63, 3.8) is 0 Å². The summed E-state index contributed by atoms with van der Waals surface area (Å²) in [6.45, 7) is 2.47. The van der Waals surface area contributed by atoms with E-state index in [1.54, 1.807) is 0 Å². The summed E-state index contributed by atoms with van der Waals surface area (Å²) in [5, 5.41) is 10.8. The summed E-state index contributed by atoms with van der Waals surface area (Å²) in [4.78, 5) is 3.09. The van der Waals surface area contributed by atoms with Gasteiger partial charge in [-0.2, -0.15) is 0 Å². The van der Waals surface area contributed by atoms with E-state index in [0.29, 0.717) is 12.3 Å². The van der Waals surface area contributed by atoms with Crippen LogP contribution < -0.4 is 5.73 Å². The average Bonchev–Trinajstić information content (AvgIpc) is 2.62. The summed E-state index contributed by atoms with van der Waals surface area (Å²) in [6, 6.07) is 3.92. The predicted molar refractivity (Wildman–Crippen MR) is 57.2 cm³/mol. The van der Waals surface area contributed by atoms with E-state index in [1.165, 1.54) is 0 Å². The molecule has 0 unspecified atom stereocenters. The van der Waals surface area contributed by atoms with Crippen molar-refractivity contribution in [2.24, 2.45) is 5.73 Å². The topological polar surface area (TPSA) is 62.0 Å². The maximum atomic E-state index is 9.97. The molecular formula is C11H14N2O. The second kappa shape index (κ2) is 3.35. The summed E-state index contributed by atoms with van der Waals surface area (Å²) in [6.07, 6.45) is 2.68. The molecule has 3 nitrogen and oxygen atoms in total. The first kappa shape index (κ1) is 9.09. The Morgan fingerprint density at radius 2 is 2.14 bits per heavy atom. The van der Waals surface area contributed by atoms with Crippen LogP contribution in [0, 0.1) is 0 Å². The van der Waals surface area contributed by atoms with Gasteiger partial charge in [-0.05, 0) is 23.6 Å². The van der Waals surface area contributed by atoms with Crippen LogP contribution in [0.15, 0.2) is 18.3 Å². The fourth-order valence-corrected chi connectivity index (χ4v) is 1.76. The molecule has 0 atom stereocenters. The highest BCUT2D eigenvalue weighted by Gasteiger charge is 2.09. The van der Waals surface area contributed by atoms with Gasteiger partial charge in [-0.1, -0.05) is 13.0 Å². The number of aryl methyl sites for hydroxylation is 1. The molecule has 1 aromatic heterocycles. The Labute approximate surface area is 82.6 Å². The molecule has 0 saturated heterocycles. The zero-order valence-electron chi connectivity index (χ0n) is 8.17. The fourth-order valence-electron chi connectivity index (χ4n) is 1.76. The van der Waals surface area contributed by atoms with E-state index in [2.05, 4.69) is 4.98 Å². The van der Waals surface area contributed by atoms with E-state index in [9.17, 15) is 5.11 Å². The molecule has 2 rings (SSSR count). The lowest BCUT2D eigenvalue weighted by Crippen LogP contribution is -1.94. The van der Waals surface area contributed by atoms with Crippen LogP contribution in [0.3, 0.4) is 0 Å².